The summed E-state index contributed by atoms with van der Waals surface area (Å²) in [5, 5.41) is 15.0. The van der Waals surface area contributed by atoms with Gasteiger partial charge in [0.2, 0.25) is 5.91 Å². The molecule has 0 bridgehead atoms. The number of halogens is 1. The number of hydrogen-bond donors (Lipinski definition) is 3. The van der Waals surface area contributed by atoms with Crippen molar-refractivity contribution in [1.29, 1.82) is 0 Å². The Morgan fingerprint density at radius 3 is 3.08 bits per heavy atom. The van der Waals surface area contributed by atoms with E-state index in [1.165, 1.54) is 11.3 Å². The Morgan fingerprint density at radius 2 is 2.21 bits per heavy atom. The van der Waals surface area contributed by atoms with E-state index < -0.39 is 0 Å². The molecule has 0 spiro atoms. The molecule has 0 aliphatic rings. The molecule has 3 N–H and O–H groups in total. The number of amides is 1. The van der Waals surface area contributed by atoms with E-state index in [2.05, 4.69) is 25.8 Å². The zero-order valence-corrected chi connectivity index (χ0v) is 13.9. The second kappa shape index (κ2) is 6.10. The summed E-state index contributed by atoms with van der Waals surface area (Å²) in [5.74, 6) is -0.169. The molecule has 0 aliphatic heterocycles. The average molecular weight is 358 g/mol. The molecule has 0 unspecified atom stereocenters. The van der Waals surface area contributed by atoms with Crippen LogP contribution < -0.4 is 10.6 Å². The van der Waals surface area contributed by atoms with Crippen LogP contribution in [0.2, 0.25) is 5.02 Å². The van der Waals surface area contributed by atoms with Crippen LogP contribution >= 0.6 is 22.9 Å². The number of benzene rings is 2. The van der Waals surface area contributed by atoms with Crippen LogP contribution in [0.4, 0.5) is 10.8 Å². The standard InChI is InChI=1S/C16H12ClN5OS/c17-9-2-1-3-10(6-9)18-8-14(23)21-16-20-13-5-4-12-11(7-19-22-12)15(13)24-16/h1-7,18H,8H2,(H,19,22)(H,20,21,23). The summed E-state index contributed by atoms with van der Waals surface area (Å²) in [4.78, 5) is 16.6. The van der Waals surface area contributed by atoms with Gasteiger partial charge in [0.15, 0.2) is 5.13 Å². The predicted molar refractivity (Wildman–Crippen MR) is 97.8 cm³/mol. The van der Waals surface area contributed by atoms with Crippen LogP contribution in [-0.2, 0) is 4.79 Å². The number of anilines is 2. The maximum absolute atomic E-state index is 12.1. The number of aromatic amines is 1. The number of nitrogens with zero attached hydrogens (tertiary/aromatic N) is 2. The fourth-order valence-corrected chi connectivity index (χ4v) is 3.59. The number of hydrogen-bond acceptors (Lipinski definition) is 5. The second-order valence-corrected chi connectivity index (χ2v) is 6.61. The van der Waals surface area contributed by atoms with E-state index in [0.29, 0.717) is 10.2 Å². The van der Waals surface area contributed by atoms with E-state index in [0.717, 1.165) is 26.8 Å². The van der Waals surface area contributed by atoms with Gasteiger partial charge in [0, 0.05) is 16.1 Å². The van der Waals surface area contributed by atoms with Crippen molar-refractivity contribution in [3.63, 3.8) is 0 Å². The Kier molecular flexibility index (Phi) is 3.79. The Hall–Kier alpha value is -2.64. The van der Waals surface area contributed by atoms with Gasteiger partial charge in [0.1, 0.15) is 0 Å². The molecular formula is C16H12ClN5OS. The number of nitrogens with one attached hydrogen (secondary N) is 3. The Labute approximate surface area is 145 Å². The lowest BCUT2D eigenvalue weighted by molar-refractivity contribution is -0.114. The van der Waals surface area contributed by atoms with Crippen molar-refractivity contribution in [1.82, 2.24) is 15.2 Å². The van der Waals surface area contributed by atoms with Gasteiger partial charge in [-0.05, 0) is 30.3 Å². The maximum atomic E-state index is 12.1. The Morgan fingerprint density at radius 1 is 1.29 bits per heavy atom. The molecule has 2 aromatic heterocycles. The maximum Gasteiger partial charge on any atom is 0.245 e. The third-order valence-corrected chi connectivity index (χ3v) is 4.75. The highest BCUT2D eigenvalue weighted by atomic mass is 35.5. The first-order valence-corrected chi connectivity index (χ1v) is 8.40. The molecule has 0 saturated heterocycles. The summed E-state index contributed by atoms with van der Waals surface area (Å²) in [7, 11) is 0. The molecule has 1 amide bonds. The molecule has 4 rings (SSSR count). The molecule has 0 aliphatic carbocycles. The van der Waals surface area contributed by atoms with Gasteiger partial charge < -0.3 is 10.6 Å². The van der Waals surface area contributed by atoms with Gasteiger partial charge in [0.05, 0.1) is 28.5 Å². The van der Waals surface area contributed by atoms with Crippen molar-refractivity contribution in [2.24, 2.45) is 0 Å². The number of fused-ring (bicyclic) bond motifs is 3. The number of carbonyl (C=O) groups is 1. The number of rotatable bonds is 4. The lowest BCUT2D eigenvalue weighted by Gasteiger charge is -2.06. The summed E-state index contributed by atoms with van der Waals surface area (Å²) in [6, 6.07) is 11.1. The van der Waals surface area contributed by atoms with Gasteiger partial charge in [-0.3, -0.25) is 9.89 Å². The van der Waals surface area contributed by atoms with Gasteiger partial charge in [-0.2, -0.15) is 5.10 Å². The molecule has 120 valence electrons. The summed E-state index contributed by atoms with van der Waals surface area (Å²) in [5.41, 5.74) is 2.58. The van der Waals surface area contributed by atoms with Gasteiger partial charge >= 0.3 is 0 Å². The average Bonchev–Trinajstić information content (AvgIpc) is 3.18. The van der Waals surface area contributed by atoms with Gasteiger partial charge in [-0.25, -0.2) is 4.98 Å². The number of thiazole rings is 1. The van der Waals surface area contributed by atoms with E-state index in [1.54, 1.807) is 18.3 Å². The lowest BCUT2D eigenvalue weighted by atomic mass is 10.2. The first kappa shape index (κ1) is 14.9. The lowest BCUT2D eigenvalue weighted by Crippen LogP contribution is -2.21. The van der Waals surface area contributed by atoms with Gasteiger partial charge in [0.25, 0.3) is 0 Å². The minimum absolute atomic E-state index is 0.136. The fourth-order valence-electron chi connectivity index (χ4n) is 2.40. The zero-order valence-electron chi connectivity index (χ0n) is 12.3. The highest BCUT2D eigenvalue weighted by Crippen LogP contribution is 2.31. The Bertz CT molecular complexity index is 1040. The van der Waals surface area contributed by atoms with Crippen molar-refractivity contribution in [2.45, 2.75) is 0 Å². The SMILES string of the molecule is O=C(CNc1cccc(Cl)c1)Nc1nc2ccc3[nH]ncc3c2s1. The van der Waals surface area contributed by atoms with Crippen LogP contribution in [0.5, 0.6) is 0 Å². The van der Waals surface area contributed by atoms with E-state index in [9.17, 15) is 4.79 Å². The molecule has 0 fully saturated rings. The van der Waals surface area contributed by atoms with Crippen LogP contribution in [0.15, 0.2) is 42.6 Å². The molecular weight excluding hydrogens is 346 g/mol. The van der Waals surface area contributed by atoms with Crippen LogP contribution in [0.25, 0.3) is 21.1 Å². The second-order valence-electron chi connectivity index (χ2n) is 5.18. The molecule has 24 heavy (non-hydrogen) atoms. The normalized spacial score (nSPS) is 11.0. The minimum atomic E-state index is -0.169. The van der Waals surface area contributed by atoms with Gasteiger partial charge in [-0.15, -0.1) is 0 Å². The largest absolute Gasteiger partial charge is 0.376 e. The molecule has 0 saturated carbocycles. The third kappa shape index (κ3) is 2.91. The number of carbonyl (C=O) groups excluding carboxylic acids is 1. The van der Waals surface area contributed by atoms with Crippen LogP contribution in [0.1, 0.15) is 0 Å². The van der Waals surface area contributed by atoms with Crippen LogP contribution in [0.3, 0.4) is 0 Å². The molecule has 0 atom stereocenters. The van der Waals surface area contributed by atoms with Crippen molar-refractivity contribution < 1.29 is 4.79 Å². The molecule has 2 heterocycles. The van der Waals surface area contributed by atoms with Crippen molar-refractivity contribution in [3.8, 4) is 0 Å². The molecule has 8 heteroatoms. The minimum Gasteiger partial charge on any atom is -0.376 e. The molecule has 0 radical (unpaired) electrons. The van der Waals surface area contributed by atoms with Gasteiger partial charge in [-0.1, -0.05) is 29.0 Å². The van der Waals surface area contributed by atoms with Crippen LogP contribution in [-0.4, -0.2) is 27.6 Å². The summed E-state index contributed by atoms with van der Waals surface area (Å²) < 4.78 is 0.999. The number of H-pyrrole nitrogens is 1. The smallest absolute Gasteiger partial charge is 0.245 e. The van der Waals surface area contributed by atoms with E-state index in [-0.39, 0.29) is 12.5 Å². The predicted octanol–water partition coefficient (Wildman–Crippen LogP) is 3.88. The highest BCUT2D eigenvalue weighted by Gasteiger charge is 2.11. The first-order valence-electron chi connectivity index (χ1n) is 7.21. The van der Waals surface area contributed by atoms with Crippen molar-refractivity contribution in [2.75, 3.05) is 17.2 Å². The molecule has 6 nitrogen and oxygen atoms in total. The number of aromatic nitrogens is 3. The third-order valence-electron chi connectivity index (χ3n) is 3.50. The van der Waals surface area contributed by atoms with Crippen molar-refractivity contribution >= 4 is 60.8 Å². The van der Waals surface area contributed by atoms with E-state index in [1.807, 2.05) is 24.3 Å². The monoisotopic (exact) mass is 357 g/mol. The molecule has 4 aromatic rings. The van der Waals surface area contributed by atoms with Crippen molar-refractivity contribution in [3.05, 3.63) is 47.6 Å². The summed E-state index contributed by atoms with van der Waals surface area (Å²) in [6.07, 6.45) is 1.77. The topological polar surface area (TPSA) is 82.7 Å². The first-order chi connectivity index (χ1) is 11.7. The fraction of sp³-hybridized carbons (Fsp3) is 0.0625. The summed E-state index contributed by atoms with van der Waals surface area (Å²) in [6.45, 7) is 0.136. The zero-order chi connectivity index (χ0) is 16.5. The van der Waals surface area contributed by atoms with Crippen LogP contribution in [0, 0.1) is 0 Å². The van der Waals surface area contributed by atoms with E-state index >= 15 is 0 Å². The highest BCUT2D eigenvalue weighted by molar-refractivity contribution is 7.23. The van der Waals surface area contributed by atoms with E-state index in [4.69, 9.17) is 11.6 Å². The summed E-state index contributed by atoms with van der Waals surface area (Å²) >= 11 is 7.35. The Balaban J connectivity index is 1.48. The molecule has 2 aromatic carbocycles. The quantitative estimate of drug-likeness (QED) is 0.517.